The number of aliphatic hydroxyl groups excluding tert-OH is 10. The molecule has 0 spiro atoms. The Bertz CT molecular complexity index is 2370. The zero-order valence-electron chi connectivity index (χ0n) is 34.6. The van der Waals surface area contributed by atoms with Crippen molar-refractivity contribution in [1.29, 1.82) is 0 Å². The Morgan fingerprint density at radius 1 is 0.667 bits per heavy atom. The van der Waals surface area contributed by atoms with Gasteiger partial charge in [0.15, 0.2) is 35.4 Å². The molecule has 3 saturated heterocycles. The first-order chi connectivity index (χ1) is 31.4. The number of rotatable bonds is 13. The Balaban J connectivity index is 1.29. The molecule has 0 bridgehead atoms. The quantitative estimate of drug-likeness (QED) is 0.0298. The van der Waals surface area contributed by atoms with Crippen LogP contribution in [0.2, 0.25) is 0 Å². The molecule has 0 unspecified atom stereocenters. The summed E-state index contributed by atoms with van der Waals surface area (Å²) in [6, 6.07) is 11.2. The zero-order valence-corrected chi connectivity index (χ0v) is 34.6. The van der Waals surface area contributed by atoms with Gasteiger partial charge in [-0.05, 0) is 42.0 Å². The van der Waals surface area contributed by atoms with Crippen LogP contribution in [0.15, 0.2) is 65.1 Å². The lowest BCUT2D eigenvalue weighted by atomic mass is 9.89. The summed E-state index contributed by atoms with van der Waals surface area (Å²) in [5.74, 6) is -3.30. The number of carbonyl (C=O) groups is 1. The molecule has 4 heterocycles. The monoisotopic (exact) mass is 933 g/mol. The fourth-order valence-electron chi connectivity index (χ4n) is 7.69. The van der Waals surface area contributed by atoms with Crippen molar-refractivity contribution in [2.75, 3.05) is 26.9 Å². The maximum atomic E-state index is 12.9. The maximum Gasteiger partial charge on any atom is 0.402 e. The summed E-state index contributed by atoms with van der Waals surface area (Å²) >= 11 is 0. The molecule has 3 aliphatic rings. The third-order valence-corrected chi connectivity index (χ3v) is 11.3. The van der Waals surface area contributed by atoms with Crippen LogP contribution < -0.4 is 9.47 Å². The summed E-state index contributed by atoms with van der Waals surface area (Å²) in [7, 11) is 1.33. The van der Waals surface area contributed by atoms with Gasteiger partial charge < -0.3 is 105 Å². The molecule has 1 aromatic heterocycles. The fraction of sp³-hybridized carbons (Fsp3) is 0.442. The molecule has 0 saturated carbocycles. The summed E-state index contributed by atoms with van der Waals surface area (Å²) in [5.41, 5.74) is 0.172. The Hall–Kier alpha value is -5.48. The number of phenolic OH excluding ortho intramolecular Hbond substituents is 4. The van der Waals surface area contributed by atoms with E-state index in [2.05, 4.69) is 0 Å². The summed E-state index contributed by atoms with van der Waals surface area (Å²) in [6.07, 6.45) is -24.9. The minimum Gasteiger partial charge on any atom is -0.508 e. The lowest BCUT2D eigenvalue weighted by molar-refractivity contribution is -0.357. The van der Waals surface area contributed by atoms with Gasteiger partial charge in [0.05, 0.1) is 37.3 Å². The van der Waals surface area contributed by atoms with Gasteiger partial charge in [-0.2, -0.15) is 0 Å². The van der Waals surface area contributed by atoms with E-state index in [-0.39, 0.29) is 45.1 Å². The SMILES string of the molecule is COc1cc(C=CC(=O)OC[C@H]2O[C@@H](Oc3cc4c([C@@H]5O[C@H](CO)[C@@H](O)[C@H](O)[C@H]5O)cc(O)cc4[o+]c3-c3ccc(O)c(O)c3)[C@H](O[C@@H]3O[C@H](CO)[C@@H](O)[C@H](O)[C@H]3O)[C@@H](O)[C@@H]2O)ccc1O. The molecule has 23 nitrogen and oxygen atoms in total. The van der Waals surface area contributed by atoms with Crippen molar-refractivity contribution in [3.63, 3.8) is 0 Å². The largest absolute Gasteiger partial charge is 0.508 e. The average Bonchev–Trinajstić information content (AvgIpc) is 3.30. The number of hydrogen-bond donors (Lipinski definition) is 14. The maximum absolute atomic E-state index is 12.9. The lowest BCUT2D eigenvalue weighted by Crippen LogP contribution is -2.65. The van der Waals surface area contributed by atoms with Crippen molar-refractivity contribution in [3.05, 3.63) is 71.8 Å². The Morgan fingerprint density at radius 3 is 2.00 bits per heavy atom. The Morgan fingerprint density at radius 2 is 1.32 bits per heavy atom. The second kappa shape index (κ2) is 20.2. The van der Waals surface area contributed by atoms with Gasteiger partial charge in [0.25, 0.3) is 0 Å². The standard InChI is InChI=1S/C43H48O23/c1-59-25-8-16(2-5-22(25)48)3-7-30(50)60-15-29-33(53)36(56)41(66-42-38(58)35(55)32(52)28(14-45)64-42)43(65-29)63-26-12-19-20(40-37(57)34(54)31(51)27(13-44)62-40)10-18(46)11-24(19)61-39(26)17-4-6-21(47)23(49)9-17/h2-12,27-29,31-38,40-45,51-58H,13-15H2,1H3,(H3-,46,47,48,49,50)/p+1/t27-,28-,29-,31-,32-,33-,34+,35+,36+,37-,38-,40+,41-,42+,43-/m1/s1. The number of aliphatic hydroxyl groups is 10. The number of esters is 1. The van der Waals surface area contributed by atoms with Crippen LogP contribution in [0.5, 0.6) is 34.5 Å². The van der Waals surface area contributed by atoms with Crippen LogP contribution in [0, 0.1) is 0 Å². The van der Waals surface area contributed by atoms with E-state index in [1.165, 1.54) is 43.5 Å². The molecule has 3 aromatic carbocycles. The van der Waals surface area contributed by atoms with E-state index in [9.17, 15) is 76.3 Å². The molecular formula is C43H49O23+. The number of fused-ring (bicyclic) bond motifs is 1. The van der Waals surface area contributed by atoms with Gasteiger partial charge in [0, 0.05) is 23.8 Å². The van der Waals surface area contributed by atoms with Crippen LogP contribution in [0.3, 0.4) is 0 Å². The first-order valence-electron chi connectivity index (χ1n) is 20.3. The number of ether oxygens (including phenoxy) is 7. The molecular weight excluding hydrogens is 884 g/mol. The Kier molecular flexibility index (Phi) is 14.8. The summed E-state index contributed by atoms with van der Waals surface area (Å²) in [6.45, 7) is -2.42. The van der Waals surface area contributed by atoms with E-state index in [4.69, 9.17) is 37.6 Å². The highest BCUT2D eigenvalue weighted by Gasteiger charge is 2.52. The van der Waals surface area contributed by atoms with Crippen LogP contribution in [0.4, 0.5) is 0 Å². The third kappa shape index (κ3) is 9.81. The highest BCUT2D eigenvalue weighted by molar-refractivity contribution is 5.88. The minimum atomic E-state index is -2.08. The average molecular weight is 934 g/mol. The van der Waals surface area contributed by atoms with Gasteiger partial charge >= 0.3 is 17.3 Å². The van der Waals surface area contributed by atoms with Crippen LogP contribution >= 0.6 is 0 Å². The molecule has 7 rings (SSSR count). The van der Waals surface area contributed by atoms with E-state index in [1.807, 2.05) is 0 Å². The topological polar surface area (TPSA) is 376 Å². The predicted octanol–water partition coefficient (Wildman–Crippen LogP) is -2.01. The van der Waals surface area contributed by atoms with E-state index < -0.39 is 135 Å². The van der Waals surface area contributed by atoms with Crippen LogP contribution in [0.1, 0.15) is 17.2 Å². The highest BCUT2D eigenvalue weighted by Crippen LogP contribution is 2.44. The smallest absolute Gasteiger partial charge is 0.402 e. The molecule has 0 radical (unpaired) electrons. The van der Waals surface area contributed by atoms with Gasteiger partial charge in [-0.25, -0.2) is 9.21 Å². The molecule has 4 aromatic rings. The molecule has 23 heteroatoms. The zero-order chi connectivity index (χ0) is 47.7. The minimum absolute atomic E-state index is 0.00811. The number of methoxy groups -OCH3 is 1. The van der Waals surface area contributed by atoms with Gasteiger partial charge in [-0.15, -0.1) is 0 Å². The number of carbonyl (C=O) groups excluding carboxylic acids is 1. The van der Waals surface area contributed by atoms with Crippen molar-refractivity contribution >= 4 is 23.0 Å². The van der Waals surface area contributed by atoms with Crippen LogP contribution in [0.25, 0.3) is 28.4 Å². The highest BCUT2D eigenvalue weighted by atomic mass is 16.8. The van der Waals surface area contributed by atoms with E-state index in [1.54, 1.807) is 0 Å². The lowest BCUT2D eigenvalue weighted by Gasteiger charge is -2.45. The van der Waals surface area contributed by atoms with Crippen molar-refractivity contribution in [2.24, 2.45) is 0 Å². The van der Waals surface area contributed by atoms with Crippen LogP contribution in [-0.4, -0.2) is 190 Å². The van der Waals surface area contributed by atoms with Crippen molar-refractivity contribution < 1.29 is 114 Å². The third-order valence-electron chi connectivity index (χ3n) is 11.3. The van der Waals surface area contributed by atoms with Crippen molar-refractivity contribution in [3.8, 4) is 45.8 Å². The summed E-state index contributed by atoms with van der Waals surface area (Å²) in [5, 5.41) is 148. The molecule has 3 aliphatic heterocycles. The number of benzene rings is 3. The van der Waals surface area contributed by atoms with E-state index >= 15 is 0 Å². The number of hydrogen-bond acceptors (Lipinski definition) is 22. The predicted molar refractivity (Wildman–Crippen MR) is 218 cm³/mol. The molecule has 0 aliphatic carbocycles. The van der Waals surface area contributed by atoms with Gasteiger partial charge in [0.2, 0.25) is 12.0 Å². The number of phenols is 4. The van der Waals surface area contributed by atoms with Crippen LogP contribution in [-0.2, 0) is 28.5 Å². The van der Waals surface area contributed by atoms with E-state index in [0.717, 1.165) is 30.3 Å². The van der Waals surface area contributed by atoms with Crippen molar-refractivity contribution in [2.45, 2.75) is 91.9 Å². The second-order valence-corrected chi connectivity index (χ2v) is 15.7. The molecule has 3 fully saturated rings. The molecule has 15 atom stereocenters. The Labute approximate surface area is 372 Å². The normalized spacial score (nSPS) is 32.6. The molecule has 14 N–H and O–H groups in total. The first kappa shape index (κ1) is 48.5. The van der Waals surface area contributed by atoms with E-state index in [0.29, 0.717) is 5.56 Å². The molecule has 358 valence electrons. The second-order valence-electron chi connectivity index (χ2n) is 15.7. The summed E-state index contributed by atoms with van der Waals surface area (Å²) in [4.78, 5) is 12.9. The van der Waals surface area contributed by atoms with Gasteiger partial charge in [-0.3, -0.25) is 0 Å². The van der Waals surface area contributed by atoms with Crippen molar-refractivity contribution in [1.82, 2.24) is 0 Å². The summed E-state index contributed by atoms with van der Waals surface area (Å²) < 4.78 is 46.2. The van der Waals surface area contributed by atoms with Gasteiger partial charge in [0.1, 0.15) is 85.6 Å². The van der Waals surface area contributed by atoms with Gasteiger partial charge in [-0.1, -0.05) is 6.07 Å². The number of aromatic hydroxyl groups is 4. The first-order valence-corrected chi connectivity index (χ1v) is 20.3. The molecule has 0 amide bonds. The molecule has 66 heavy (non-hydrogen) atoms. The fourth-order valence-corrected chi connectivity index (χ4v) is 7.69.